The zero-order chi connectivity index (χ0) is 16.4. The number of hydrogen-bond donors (Lipinski definition) is 2. The number of hydrogen-bond acceptors (Lipinski definition) is 5. The highest BCUT2D eigenvalue weighted by molar-refractivity contribution is 7.20. The maximum atomic E-state index is 6.04. The van der Waals surface area contributed by atoms with Crippen LogP contribution in [0.15, 0.2) is 36.7 Å². The van der Waals surface area contributed by atoms with Gasteiger partial charge in [-0.2, -0.15) is 0 Å². The number of benzene rings is 1. The van der Waals surface area contributed by atoms with Crippen LogP contribution in [0.1, 0.15) is 17.7 Å². The molecule has 1 aromatic carbocycles. The molecule has 1 saturated heterocycles. The van der Waals surface area contributed by atoms with Crippen molar-refractivity contribution in [1.29, 1.82) is 0 Å². The van der Waals surface area contributed by atoms with Gasteiger partial charge in [0.2, 0.25) is 0 Å². The highest BCUT2D eigenvalue weighted by Crippen LogP contribution is 2.31. The van der Waals surface area contributed by atoms with Gasteiger partial charge >= 0.3 is 0 Å². The highest BCUT2D eigenvalue weighted by Gasteiger charge is 2.11. The Kier molecular flexibility index (Phi) is 4.35. The second-order valence-electron chi connectivity index (χ2n) is 5.60. The van der Waals surface area contributed by atoms with Gasteiger partial charge in [0.05, 0.1) is 21.1 Å². The molecule has 0 radical (unpaired) electrons. The van der Waals surface area contributed by atoms with Crippen molar-refractivity contribution in [2.24, 2.45) is 0 Å². The van der Waals surface area contributed by atoms with Crippen LogP contribution in [0.2, 0.25) is 5.02 Å². The summed E-state index contributed by atoms with van der Waals surface area (Å²) < 4.78 is 1.00. The molecule has 1 fully saturated rings. The molecule has 6 heteroatoms. The molecule has 2 aromatic heterocycles. The number of thiophene rings is 1. The number of nitrogens with zero attached hydrogens (tertiary/aromatic N) is 2. The minimum Gasteiger partial charge on any atom is -0.339 e. The van der Waals surface area contributed by atoms with Gasteiger partial charge in [0.25, 0.3) is 0 Å². The SMILES string of the molecule is Clc1cccc(Nc2ncnc3cc(C#C[C@@H]4CCCN4)sc23)c1. The average molecular weight is 355 g/mol. The Hall–Kier alpha value is -2.13. The van der Waals surface area contributed by atoms with Crippen LogP contribution >= 0.6 is 22.9 Å². The normalized spacial score (nSPS) is 16.8. The Morgan fingerprint density at radius 3 is 3.08 bits per heavy atom. The summed E-state index contributed by atoms with van der Waals surface area (Å²) in [5.74, 6) is 7.34. The van der Waals surface area contributed by atoms with Gasteiger partial charge < -0.3 is 10.6 Å². The fourth-order valence-corrected chi connectivity index (χ4v) is 3.78. The zero-order valence-corrected chi connectivity index (χ0v) is 14.4. The van der Waals surface area contributed by atoms with Gasteiger partial charge in [-0.25, -0.2) is 9.97 Å². The highest BCUT2D eigenvalue weighted by atomic mass is 35.5. The van der Waals surface area contributed by atoms with E-state index in [4.69, 9.17) is 11.6 Å². The molecule has 0 saturated carbocycles. The van der Waals surface area contributed by atoms with E-state index < -0.39 is 0 Å². The molecule has 4 nitrogen and oxygen atoms in total. The van der Waals surface area contributed by atoms with Crippen LogP contribution in [0, 0.1) is 11.8 Å². The first-order chi connectivity index (χ1) is 11.8. The molecule has 2 N–H and O–H groups in total. The number of anilines is 2. The molecule has 3 aromatic rings. The Morgan fingerprint density at radius 2 is 2.25 bits per heavy atom. The van der Waals surface area contributed by atoms with E-state index in [1.165, 1.54) is 6.42 Å². The first-order valence-electron chi connectivity index (χ1n) is 7.80. The summed E-state index contributed by atoms with van der Waals surface area (Å²) in [6, 6.07) is 9.91. The molecule has 1 aliphatic rings. The molecule has 0 unspecified atom stereocenters. The van der Waals surface area contributed by atoms with Gasteiger partial charge in [-0.3, -0.25) is 0 Å². The minimum absolute atomic E-state index is 0.311. The summed E-state index contributed by atoms with van der Waals surface area (Å²) in [7, 11) is 0. The summed E-state index contributed by atoms with van der Waals surface area (Å²) in [6.45, 7) is 1.06. The summed E-state index contributed by atoms with van der Waals surface area (Å²) in [4.78, 5) is 9.73. The first kappa shape index (κ1) is 15.4. The van der Waals surface area contributed by atoms with E-state index in [1.54, 1.807) is 17.7 Å². The molecule has 4 rings (SSSR count). The van der Waals surface area contributed by atoms with E-state index in [-0.39, 0.29) is 0 Å². The number of nitrogens with one attached hydrogen (secondary N) is 2. The first-order valence-corrected chi connectivity index (χ1v) is 8.99. The molecule has 1 atom stereocenters. The average Bonchev–Trinajstić information content (AvgIpc) is 3.23. The van der Waals surface area contributed by atoms with Gasteiger partial charge in [0, 0.05) is 10.7 Å². The predicted octanol–water partition coefficient (Wildman–Crippen LogP) is 4.19. The largest absolute Gasteiger partial charge is 0.339 e. The van der Waals surface area contributed by atoms with Crippen LogP contribution in [0.25, 0.3) is 10.2 Å². The van der Waals surface area contributed by atoms with E-state index in [0.717, 1.165) is 39.6 Å². The lowest BCUT2D eigenvalue weighted by Gasteiger charge is -2.06. The summed E-state index contributed by atoms with van der Waals surface area (Å²) >= 11 is 7.65. The molecule has 24 heavy (non-hydrogen) atoms. The van der Waals surface area contributed by atoms with Crippen molar-refractivity contribution in [3.63, 3.8) is 0 Å². The van der Waals surface area contributed by atoms with E-state index in [2.05, 4.69) is 32.4 Å². The third-order valence-corrected chi connectivity index (χ3v) is 5.11. The van der Waals surface area contributed by atoms with Crippen LogP contribution in [0.4, 0.5) is 11.5 Å². The second kappa shape index (κ2) is 6.78. The van der Waals surface area contributed by atoms with Crippen LogP contribution in [0.3, 0.4) is 0 Å². The molecule has 3 heterocycles. The lowest BCUT2D eigenvalue weighted by atomic mass is 10.2. The molecule has 1 aliphatic heterocycles. The smallest absolute Gasteiger partial charge is 0.151 e. The van der Waals surface area contributed by atoms with Gasteiger partial charge in [-0.15, -0.1) is 11.3 Å². The Balaban J connectivity index is 1.64. The zero-order valence-electron chi connectivity index (χ0n) is 12.8. The van der Waals surface area contributed by atoms with Gasteiger partial charge in [0.1, 0.15) is 6.33 Å². The maximum Gasteiger partial charge on any atom is 0.151 e. The fraction of sp³-hybridized carbons (Fsp3) is 0.222. The van der Waals surface area contributed by atoms with Crippen molar-refractivity contribution >= 4 is 44.7 Å². The summed E-state index contributed by atoms with van der Waals surface area (Å²) in [5.41, 5.74) is 1.81. The van der Waals surface area contributed by atoms with Crippen molar-refractivity contribution in [3.8, 4) is 11.8 Å². The maximum absolute atomic E-state index is 6.04. The monoisotopic (exact) mass is 354 g/mol. The fourth-order valence-electron chi connectivity index (χ4n) is 2.67. The molecule has 0 amide bonds. The lowest BCUT2D eigenvalue weighted by Crippen LogP contribution is -2.18. The van der Waals surface area contributed by atoms with E-state index in [1.807, 2.05) is 30.3 Å². The molecule has 0 aliphatic carbocycles. The second-order valence-corrected chi connectivity index (χ2v) is 7.09. The topological polar surface area (TPSA) is 49.8 Å². The molecular formula is C18H15ClN4S. The van der Waals surface area contributed by atoms with Crippen molar-refractivity contribution in [2.45, 2.75) is 18.9 Å². The van der Waals surface area contributed by atoms with E-state index in [9.17, 15) is 0 Å². The number of rotatable bonds is 2. The molecule has 120 valence electrons. The van der Waals surface area contributed by atoms with Crippen LogP contribution in [0.5, 0.6) is 0 Å². The summed E-state index contributed by atoms with van der Waals surface area (Å²) in [6.07, 6.45) is 3.89. The van der Waals surface area contributed by atoms with Crippen LogP contribution in [-0.2, 0) is 0 Å². The van der Waals surface area contributed by atoms with Crippen molar-refractivity contribution < 1.29 is 0 Å². The third kappa shape index (κ3) is 3.36. The van der Waals surface area contributed by atoms with Gasteiger partial charge in [0.15, 0.2) is 5.82 Å². The van der Waals surface area contributed by atoms with Crippen molar-refractivity contribution in [2.75, 3.05) is 11.9 Å². The lowest BCUT2D eigenvalue weighted by molar-refractivity contribution is 0.749. The molecule has 0 bridgehead atoms. The van der Waals surface area contributed by atoms with Gasteiger partial charge in [-0.1, -0.05) is 29.5 Å². The van der Waals surface area contributed by atoms with Gasteiger partial charge in [-0.05, 0) is 43.7 Å². The van der Waals surface area contributed by atoms with E-state index >= 15 is 0 Å². The molecular weight excluding hydrogens is 340 g/mol. The Morgan fingerprint density at radius 1 is 1.29 bits per heavy atom. The standard InChI is InChI=1S/C18H15ClN4S/c19-12-3-1-4-14(9-12)23-18-17-16(21-11-22-18)10-15(24-17)7-6-13-5-2-8-20-13/h1,3-4,9-11,13,20H,2,5,8H2,(H,21,22,23)/t13-/m0/s1. The van der Waals surface area contributed by atoms with Crippen LogP contribution < -0.4 is 10.6 Å². The Bertz CT molecular complexity index is 935. The van der Waals surface area contributed by atoms with Crippen LogP contribution in [-0.4, -0.2) is 22.6 Å². The van der Waals surface area contributed by atoms with Crippen molar-refractivity contribution in [3.05, 3.63) is 46.6 Å². The minimum atomic E-state index is 0.311. The predicted molar refractivity (Wildman–Crippen MR) is 100 cm³/mol. The van der Waals surface area contributed by atoms with Crippen molar-refractivity contribution in [1.82, 2.24) is 15.3 Å². The quantitative estimate of drug-likeness (QED) is 0.677. The number of fused-ring (bicyclic) bond motifs is 1. The third-order valence-electron chi connectivity index (χ3n) is 3.83. The molecule has 0 spiro atoms. The Labute approximate surface area is 149 Å². The summed E-state index contributed by atoms with van der Waals surface area (Å²) in [5, 5.41) is 7.39. The van der Waals surface area contributed by atoms with E-state index in [0.29, 0.717) is 11.1 Å². The number of aromatic nitrogens is 2. The number of halogens is 1.